The molecule has 1 aromatic carbocycles. The summed E-state index contributed by atoms with van der Waals surface area (Å²) in [4.78, 5) is 2.34. The number of halogens is 1. The Labute approximate surface area is 108 Å². The highest BCUT2D eigenvalue weighted by Gasteiger charge is 2.16. The summed E-state index contributed by atoms with van der Waals surface area (Å²) in [6.45, 7) is 3.73. The molecule has 2 rings (SSSR count). The van der Waals surface area contributed by atoms with Crippen LogP contribution in [0.3, 0.4) is 0 Å². The van der Waals surface area contributed by atoms with Crippen LogP contribution in [0, 0.1) is 11.7 Å². The summed E-state index contributed by atoms with van der Waals surface area (Å²) in [6, 6.07) is 4.06. The lowest BCUT2D eigenvalue weighted by molar-refractivity contribution is 0.206. The number of hydrogen-bond acceptors (Lipinski definition) is 3. The van der Waals surface area contributed by atoms with E-state index in [1.165, 1.54) is 37.6 Å². The molecule has 1 aliphatic heterocycles. The zero-order valence-corrected chi connectivity index (χ0v) is 10.8. The van der Waals surface area contributed by atoms with Crippen molar-refractivity contribution in [3.05, 3.63) is 29.6 Å². The number of likely N-dealkylation sites (tertiary alicyclic amines) is 1. The van der Waals surface area contributed by atoms with E-state index in [2.05, 4.69) is 17.3 Å². The van der Waals surface area contributed by atoms with Gasteiger partial charge in [-0.3, -0.25) is 0 Å². The zero-order chi connectivity index (χ0) is 13.0. The van der Waals surface area contributed by atoms with Crippen molar-refractivity contribution < 1.29 is 9.50 Å². The molecule has 1 fully saturated rings. The van der Waals surface area contributed by atoms with Crippen LogP contribution in [0.5, 0.6) is 5.75 Å². The van der Waals surface area contributed by atoms with Crippen LogP contribution in [0.4, 0.5) is 4.39 Å². The molecule has 0 radical (unpaired) electrons. The Morgan fingerprint density at radius 2 is 2.33 bits per heavy atom. The molecule has 18 heavy (non-hydrogen) atoms. The van der Waals surface area contributed by atoms with Crippen LogP contribution in [0.2, 0.25) is 0 Å². The molecule has 1 unspecified atom stereocenters. The molecule has 0 amide bonds. The van der Waals surface area contributed by atoms with Crippen molar-refractivity contribution in [3.63, 3.8) is 0 Å². The summed E-state index contributed by atoms with van der Waals surface area (Å²) in [6.07, 6.45) is 2.49. The van der Waals surface area contributed by atoms with Gasteiger partial charge >= 0.3 is 0 Å². The maximum Gasteiger partial charge on any atom is 0.123 e. The van der Waals surface area contributed by atoms with Gasteiger partial charge in [0.2, 0.25) is 0 Å². The van der Waals surface area contributed by atoms with Crippen molar-refractivity contribution in [1.82, 2.24) is 10.2 Å². The van der Waals surface area contributed by atoms with Gasteiger partial charge in [-0.15, -0.1) is 0 Å². The fourth-order valence-electron chi connectivity index (χ4n) is 2.55. The molecule has 4 heteroatoms. The lowest BCUT2D eigenvalue weighted by atomic mass is 9.98. The van der Waals surface area contributed by atoms with Crippen LogP contribution in [-0.2, 0) is 6.54 Å². The Kier molecular flexibility index (Phi) is 4.55. The fraction of sp³-hybridized carbons (Fsp3) is 0.571. The summed E-state index contributed by atoms with van der Waals surface area (Å²) >= 11 is 0. The van der Waals surface area contributed by atoms with Gasteiger partial charge < -0.3 is 15.3 Å². The van der Waals surface area contributed by atoms with Gasteiger partial charge in [0.15, 0.2) is 0 Å². The normalized spacial score (nSPS) is 21.1. The second-order valence-corrected chi connectivity index (χ2v) is 5.17. The van der Waals surface area contributed by atoms with E-state index < -0.39 is 0 Å². The first-order valence-electron chi connectivity index (χ1n) is 6.52. The average Bonchev–Trinajstić information content (AvgIpc) is 2.34. The van der Waals surface area contributed by atoms with E-state index in [0.717, 1.165) is 13.1 Å². The van der Waals surface area contributed by atoms with E-state index in [9.17, 15) is 9.50 Å². The first-order chi connectivity index (χ1) is 8.65. The number of benzene rings is 1. The molecule has 100 valence electrons. The van der Waals surface area contributed by atoms with Crippen molar-refractivity contribution in [2.24, 2.45) is 5.92 Å². The van der Waals surface area contributed by atoms with Gasteiger partial charge in [-0.05, 0) is 57.1 Å². The largest absolute Gasteiger partial charge is 0.508 e. The van der Waals surface area contributed by atoms with Crippen LogP contribution in [-0.4, -0.2) is 36.7 Å². The molecule has 0 bridgehead atoms. The molecule has 0 spiro atoms. The molecule has 1 aliphatic rings. The Bertz CT molecular complexity index is 397. The summed E-state index contributed by atoms with van der Waals surface area (Å²) < 4.78 is 13.0. The minimum Gasteiger partial charge on any atom is -0.508 e. The van der Waals surface area contributed by atoms with Gasteiger partial charge in [0, 0.05) is 18.7 Å². The van der Waals surface area contributed by atoms with Crippen LogP contribution in [0.25, 0.3) is 0 Å². The molecular formula is C14H21FN2O. The predicted molar refractivity (Wildman–Crippen MR) is 70.0 cm³/mol. The Morgan fingerprint density at radius 1 is 1.50 bits per heavy atom. The first-order valence-corrected chi connectivity index (χ1v) is 6.52. The zero-order valence-electron chi connectivity index (χ0n) is 10.8. The highest BCUT2D eigenvalue weighted by atomic mass is 19.1. The topological polar surface area (TPSA) is 35.5 Å². The fourth-order valence-corrected chi connectivity index (χ4v) is 2.55. The molecule has 0 saturated carbocycles. The number of phenolic OH excluding ortho intramolecular Hbond substituents is 1. The third-order valence-corrected chi connectivity index (χ3v) is 3.51. The number of phenols is 1. The Hall–Kier alpha value is -1.13. The van der Waals surface area contributed by atoms with Crippen molar-refractivity contribution in [3.8, 4) is 5.75 Å². The van der Waals surface area contributed by atoms with Gasteiger partial charge in [0.05, 0.1) is 0 Å². The van der Waals surface area contributed by atoms with Crippen LogP contribution in [0.1, 0.15) is 18.4 Å². The number of aromatic hydroxyl groups is 1. The van der Waals surface area contributed by atoms with Crippen LogP contribution < -0.4 is 5.32 Å². The van der Waals surface area contributed by atoms with E-state index in [1.807, 2.05) is 0 Å². The van der Waals surface area contributed by atoms with Crippen molar-refractivity contribution in [1.29, 1.82) is 0 Å². The van der Waals surface area contributed by atoms with E-state index >= 15 is 0 Å². The minimum atomic E-state index is -0.304. The summed E-state index contributed by atoms with van der Waals surface area (Å²) in [7, 11) is 2.14. The highest BCUT2D eigenvalue weighted by molar-refractivity contribution is 5.32. The van der Waals surface area contributed by atoms with Crippen molar-refractivity contribution >= 4 is 0 Å². The van der Waals surface area contributed by atoms with E-state index in [1.54, 1.807) is 0 Å². The highest BCUT2D eigenvalue weighted by Crippen LogP contribution is 2.18. The summed E-state index contributed by atoms with van der Waals surface area (Å²) in [5.74, 6) is 0.506. The maximum atomic E-state index is 13.0. The molecule has 1 saturated heterocycles. The van der Waals surface area contributed by atoms with Gasteiger partial charge in [-0.1, -0.05) is 0 Å². The Morgan fingerprint density at radius 3 is 3.11 bits per heavy atom. The predicted octanol–water partition coefficient (Wildman–Crippen LogP) is 1.96. The van der Waals surface area contributed by atoms with Gasteiger partial charge in [-0.25, -0.2) is 4.39 Å². The van der Waals surface area contributed by atoms with Gasteiger partial charge in [-0.2, -0.15) is 0 Å². The molecule has 0 aromatic heterocycles. The first kappa shape index (κ1) is 13.3. The average molecular weight is 252 g/mol. The van der Waals surface area contributed by atoms with Gasteiger partial charge in [0.1, 0.15) is 11.6 Å². The quantitative estimate of drug-likeness (QED) is 0.860. The van der Waals surface area contributed by atoms with E-state index in [0.29, 0.717) is 18.0 Å². The van der Waals surface area contributed by atoms with Crippen LogP contribution >= 0.6 is 0 Å². The standard InChI is InChI=1S/C14H21FN2O/c1-17-6-2-3-11(10-17)8-16-9-12-7-13(15)4-5-14(12)18/h4-5,7,11,16,18H,2-3,6,8-10H2,1H3. The number of nitrogens with zero attached hydrogens (tertiary/aromatic N) is 1. The molecule has 3 nitrogen and oxygen atoms in total. The molecule has 0 aliphatic carbocycles. The van der Waals surface area contributed by atoms with Crippen molar-refractivity contribution in [2.75, 3.05) is 26.7 Å². The summed E-state index contributed by atoms with van der Waals surface area (Å²) in [5.41, 5.74) is 0.624. The summed E-state index contributed by atoms with van der Waals surface area (Å²) in [5, 5.41) is 12.9. The van der Waals surface area contributed by atoms with Gasteiger partial charge in [0.25, 0.3) is 0 Å². The molecule has 1 heterocycles. The third kappa shape index (κ3) is 3.68. The Balaban J connectivity index is 1.79. The molecule has 2 N–H and O–H groups in total. The van der Waals surface area contributed by atoms with Crippen molar-refractivity contribution in [2.45, 2.75) is 19.4 Å². The lowest BCUT2D eigenvalue weighted by Crippen LogP contribution is -2.37. The van der Waals surface area contributed by atoms with E-state index in [4.69, 9.17) is 0 Å². The molecule has 1 atom stereocenters. The molecule has 1 aromatic rings. The SMILES string of the molecule is CN1CCCC(CNCc2cc(F)ccc2O)C1. The second-order valence-electron chi connectivity index (χ2n) is 5.17. The number of hydrogen-bond donors (Lipinski definition) is 2. The molecular weight excluding hydrogens is 231 g/mol. The monoisotopic (exact) mass is 252 g/mol. The van der Waals surface area contributed by atoms with E-state index in [-0.39, 0.29) is 11.6 Å². The maximum absolute atomic E-state index is 13.0. The third-order valence-electron chi connectivity index (χ3n) is 3.51. The number of rotatable bonds is 4. The smallest absolute Gasteiger partial charge is 0.123 e. The minimum absolute atomic E-state index is 0.157. The lowest BCUT2D eigenvalue weighted by Gasteiger charge is -2.29. The number of piperidine rings is 1. The second kappa shape index (κ2) is 6.16. The number of nitrogens with one attached hydrogen (secondary N) is 1. The van der Waals surface area contributed by atoms with Crippen LogP contribution in [0.15, 0.2) is 18.2 Å².